The van der Waals surface area contributed by atoms with Crippen molar-refractivity contribution in [1.29, 1.82) is 0 Å². The maximum atomic E-state index is 4.21. The summed E-state index contributed by atoms with van der Waals surface area (Å²) in [5.74, 6) is 1.01. The van der Waals surface area contributed by atoms with Crippen molar-refractivity contribution in [3.05, 3.63) is 17.8 Å². The van der Waals surface area contributed by atoms with E-state index in [9.17, 15) is 0 Å². The van der Waals surface area contributed by atoms with Crippen molar-refractivity contribution < 1.29 is 0 Å². The first-order valence-electron chi connectivity index (χ1n) is 3.21. The molecule has 0 spiro atoms. The van der Waals surface area contributed by atoms with Crippen LogP contribution in [-0.2, 0) is 6.42 Å². The number of H-pyrrole nitrogens is 1. The number of aliphatic imine (C=N–C) groups is 1. The number of halogens is 1. The molecule has 0 saturated heterocycles. The van der Waals surface area contributed by atoms with E-state index in [2.05, 4.69) is 32.0 Å². The Balaban J connectivity index is 2.43. The Morgan fingerprint density at radius 1 is 1.70 bits per heavy atom. The van der Waals surface area contributed by atoms with Gasteiger partial charge in [0.15, 0.2) is 0 Å². The summed E-state index contributed by atoms with van der Waals surface area (Å²) in [6.07, 6.45) is 4.88. The molecule has 52 valence electrons. The topological polar surface area (TPSA) is 28.1 Å². The Morgan fingerprint density at radius 3 is 3.50 bits per heavy atom. The van der Waals surface area contributed by atoms with Crippen LogP contribution in [0.2, 0.25) is 0 Å². The van der Waals surface area contributed by atoms with Gasteiger partial charge in [0, 0.05) is 12.4 Å². The van der Waals surface area contributed by atoms with E-state index in [1.807, 2.05) is 12.4 Å². The maximum Gasteiger partial charge on any atom is 0.132 e. The van der Waals surface area contributed by atoms with Crippen molar-refractivity contribution in [3.63, 3.8) is 0 Å². The third-order valence-electron chi connectivity index (χ3n) is 1.59. The lowest BCUT2D eigenvalue weighted by Gasteiger charge is -2.07. The van der Waals surface area contributed by atoms with Crippen molar-refractivity contribution in [2.45, 2.75) is 11.2 Å². The van der Waals surface area contributed by atoms with Crippen LogP contribution in [0.3, 0.4) is 0 Å². The predicted molar refractivity (Wildman–Crippen MR) is 45.4 cm³/mol. The van der Waals surface area contributed by atoms with Gasteiger partial charge in [-0.15, -0.1) is 0 Å². The van der Waals surface area contributed by atoms with Crippen LogP contribution in [0.5, 0.6) is 0 Å². The van der Waals surface area contributed by atoms with Gasteiger partial charge >= 0.3 is 0 Å². The molecule has 1 aromatic rings. The third kappa shape index (κ3) is 0.904. The summed E-state index contributed by atoms with van der Waals surface area (Å²) in [6, 6.07) is 2.07. The molecular formula is C7H7BrN2. The fraction of sp³-hybridized carbons (Fsp3) is 0.286. The van der Waals surface area contributed by atoms with Gasteiger partial charge in [-0.1, -0.05) is 15.9 Å². The average molecular weight is 199 g/mol. The van der Waals surface area contributed by atoms with Crippen LogP contribution >= 0.6 is 15.9 Å². The molecule has 2 heterocycles. The lowest BCUT2D eigenvalue weighted by atomic mass is 10.1. The third-order valence-corrected chi connectivity index (χ3v) is 2.15. The lowest BCUT2D eigenvalue weighted by Crippen LogP contribution is -2.06. The summed E-state index contributed by atoms with van der Waals surface area (Å²) < 4.78 is 0. The molecular weight excluding hydrogens is 192 g/mol. The van der Waals surface area contributed by atoms with E-state index in [1.54, 1.807) is 0 Å². The minimum Gasteiger partial charge on any atom is -0.346 e. The van der Waals surface area contributed by atoms with Gasteiger partial charge in [0.25, 0.3) is 0 Å². The van der Waals surface area contributed by atoms with Crippen molar-refractivity contribution in [2.75, 3.05) is 0 Å². The smallest absolute Gasteiger partial charge is 0.132 e. The van der Waals surface area contributed by atoms with E-state index in [0.29, 0.717) is 4.83 Å². The zero-order valence-corrected chi connectivity index (χ0v) is 6.93. The second kappa shape index (κ2) is 2.23. The normalized spacial score (nSPS) is 22.7. The first-order chi connectivity index (χ1) is 4.86. The van der Waals surface area contributed by atoms with E-state index < -0.39 is 0 Å². The molecule has 10 heavy (non-hydrogen) atoms. The Morgan fingerprint density at radius 2 is 2.60 bits per heavy atom. The highest BCUT2D eigenvalue weighted by molar-refractivity contribution is 9.09. The Hall–Kier alpha value is -0.570. The number of hydrogen-bond acceptors (Lipinski definition) is 1. The summed E-state index contributed by atoms with van der Waals surface area (Å²) in [5, 5.41) is 0. The van der Waals surface area contributed by atoms with Crippen LogP contribution in [0.4, 0.5) is 5.82 Å². The molecule has 1 N–H and O–H groups in total. The van der Waals surface area contributed by atoms with Gasteiger partial charge in [-0.25, -0.2) is 4.99 Å². The molecule has 1 atom stereocenters. The monoisotopic (exact) mass is 198 g/mol. The van der Waals surface area contributed by atoms with Gasteiger partial charge in [-0.2, -0.15) is 0 Å². The number of aromatic amines is 1. The number of alkyl halides is 1. The van der Waals surface area contributed by atoms with Crippen molar-refractivity contribution in [2.24, 2.45) is 4.99 Å². The average Bonchev–Trinajstić information content (AvgIpc) is 2.33. The highest BCUT2D eigenvalue weighted by atomic mass is 79.9. The maximum absolute atomic E-state index is 4.21. The van der Waals surface area contributed by atoms with E-state index in [0.717, 1.165) is 12.2 Å². The Labute approximate surface area is 67.5 Å². The molecule has 2 nitrogen and oxygen atoms in total. The van der Waals surface area contributed by atoms with Gasteiger partial charge in [0.2, 0.25) is 0 Å². The van der Waals surface area contributed by atoms with Gasteiger partial charge in [-0.3, -0.25) is 0 Å². The number of fused-ring (bicyclic) bond motifs is 1. The minimum absolute atomic E-state index is 0.413. The molecule has 1 unspecified atom stereocenters. The lowest BCUT2D eigenvalue weighted by molar-refractivity contribution is 1.06. The molecule has 0 saturated carbocycles. The summed E-state index contributed by atoms with van der Waals surface area (Å²) >= 11 is 3.48. The van der Waals surface area contributed by atoms with Crippen LogP contribution in [-0.4, -0.2) is 16.0 Å². The number of hydrogen-bond donors (Lipinski definition) is 1. The second-order valence-corrected chi connectivity index (χ2v) is 3.53. The predicted octanol–water partition coefficient (Wildman–Crippen LogP) is 2.04. The molecule has 0 aliphatic carbocycles. The zero-order valence-electron chi connectivity index (χ0n) is 5.34. The zero-order chi connectivity index (χ0) is 6.97. The van der Waals surface area contributed by atoms with Crippen LogP contribution < -0.4 is 0 Å². The molecule has 1 aromatic heterocycles. The summed E-state index contributed by atoms with van der Waals surface area (Å²) in [6.45, 7) is 0. The molecule has 0 bridgehead atoms. The minimum atomic E-state index is 0.413. The van der Waals surface area contributed by atoms with E-state index in [4.69, 9.17) is 0 Å². The van der Waals surface area contributed by atoms with Crippen molar-refractivity contribution in [3.8, 4) is 0 Å². The highest BCUT2D eigenvalue weighted by Crippen LogP contribution is 2.23. The number of rotatable bonds is 0. The first kappa shape index (κ1) is 6.16. The molecule has 0 fully saturated rings. The summed E-state index contributed by atoms with van der Waals surface area (Å²) in [4.78, 5) is 7.68. The molecule has 1 aliphatic rings. The highest BCUT2D eigenvalue weighted by Gasteiger charge is 2.11. The first-order valence-corrected chi connectivity index (χ1v) is 4.12. The van der Waals surface area contributed by atoms with Crippen LogP contribution in [0.1, 0.15) is 5.56 Å². The largest absolute Gasteiger partial charge is 0.346 e. The summed E-state index contributed by atoms with van der Waals surface area (Å²) in [5.41, 5.74) is 1.30. The van der Waals surface area contributed by atoms with Gasteiger partial charge in [0.05, 0.1) is 4.83 Å². The molecule has 2 rings (SSSR count). The quantitative estimate of drug-likeness (QED) is 0.619. The summed E-state index contributed by atoms with van der Waals surface area (Å²) in [7, 11) is 0. The van der Waals surface area contributed by atoms with Gasteiger partial charge < -0.3 is 4.98 Å². The number of nitrogens with zero attached hydrogens (tertiary/aromatic N) is 1. The fourth-order valence-electron chi connectivity index (χ4n) is 1.10. The van der Waals surface area contributed by atoms with E-state index in [1.165, 1.54) is 5.56 Å². The van der Waals surface area contributed by atoms with Crippen molar-refractivity contribution in [1.82, 2.24) is 4.98 Å². The SMILES string of the molecule is BrC1C=Nc2[nH]ccc2C1. The van der Waals surface area contributed by atoms with Crippen LogP contribution in [0.15, 0.2) is 17.3 Å². The second-order valence-electron chi connectivity index (χ2n) is 2.35. The molecule has 0 radical (unpaired) electrons. The van der Waals surface area contributed by atoms with Gasteiger partial charge in [0.1, 0.15) is 5.82 Å². The molecule has 1 aliphatic heterocycles. The fourth-order valence-corrected chi connectivity index (χ4v) is 1.56. The standard InChI is InChI=1S/C7H7BrN2/c8-6-3-5-1-2-9-7(5)10-4-6/h1-2,4,6,9H,3H2. The molecule has 3 heteroatoms. The molecule has 0 aromatic carbocycles. The van der Waals surface area contributed by atoms with Crippen molar-refractivity contribution >= 4 is 28.0 Å². The van der Waals surface area contributed by atoms with Crippen LogP contribution in [0.25, 0.3) is 0 Å². The Bertz CT molecular complexity index is 264. The Kier molecular flexibility index (Phi) is 1.38. The van der Waals surface area contributed by atoms with Crippen LogP contribution in [0, 0.1) is 0 Å². The van der Waals surface area contributed by atoms with E-state index >= 15 is 0 Å². The van der Waals surface area contributed by atoms with E-state index in [-0.39, 0.29) is 0 Å². The number of aromatic nitrogens is 1. The molecule has 0 amide bonds. The number of nitrogens with one attached hydrogen (secondary N) is 1. The van der Waals surface area contributed by atoms with Gasteiger partial charge in [-0.05, 0) is 18.1 Å².